The third-order valence-corrected chi connectivity index (χ3v) is 3.77. The monoisotopic (exact) mass is 319 g/mol. The van der Waals surface area contributed by atoms with E-state index in [2.05, 4.69) is 0 Å². The number of rotatable bonds is 5. The number of ether oxygens (including phenoxy) is 1. The topological polar surface area (TPSA) is 66.8 Å². The van der Waals surface area contributed by atoms with Gasteiger partial charge in [-0.15, -0.1) is 0 Å². The summed E-state index contributed by atoms with van der Waals surface area (Å²) >= 11 is -2.43. The Hall–Kier alpha value is -2.18. The highest BCUT2D eigenvalue weighted by Gasteiger charge is 2.21. The molecule has 0 radical (unpaired) electrons. The molecule has 0 saturated heterocycles. The van der Waals surface area contributed by atoms with Crippen LogP contribution in [0.2, 0.25) is 0 Å². The highest BCUT2D eigenvalue weighted by Crippen LogP contribution is 2.13. The van der Waals surface area contributed by atoms with Crippen molar-refractivity contribution >= 4 is 17.4 Å². The lowest BCUT2D eigenvalue weighted by molar-refractivity contribution is 0.178. The van der Waals surface area contributed by atoms with Crippen LogP contribution in [0.15, 0.2) is 54.6 Å². The Labute approximate surface area is 131 Å². The second-order valence-electron chi connectivity index (χ2n) is 4.75. The van der Waals surface area contributed by atoms with Gasteiger partial charge in [0.2, 0.25) is 0 Å². The Morgan fingerprint density at radius 2 is 1.77 bits per heavy atom. The minimum absolute atomic E-state index is 0.0951. The van der Waals surface area contributed by atoms with Crippen molar-refractivity contribution in [2.75, 3.05) is 6.54 Å². The maximum absolute atomic E-state index is 12.0. The molecule has 0 spiro atoms. The summed E-state index contributed by atoms with van der Waals surface area (Å²) in [5, 5.41) is 0. The number of benzene rings is 2. The van der Waals surface area contributed by atoms with Crippen molar-refractivity contribution in [3.63, 3.8) is 0 Å². The number of hydrogen-bond donors (Lipinski definition) is 1. The number of carbonyl (C=O) groups is 1. The van der Waals surface area contributed by atoms with Crippen molar-refractivity contribution in [3.8, 4) is 5.75 Å². The first-order valence-corrected chi connectivity index (χ1v) is 7.83. The first kappa shape index (κ1) is 16.2. The average Bonchev–Trinajstić information content (AvgIpc) is 2.50. The maximum atomic E-state index is 12.0. The van der Waals surface area contributed by atoms with E-state index in [1.54, 1.807) is 24.3 Å². The van der Waals surface area contributed by atoms with Crippen LogP contribution in [0.25, 0.3) is 0 Å². The van der Waals surface area contributed by atoms with E-state index in [1.807, 2.05) is 37.3 Å². The molecule has 5 nitrogen and oxygen atoms in total. The lowest BCUT2D eigenvalue weighted by atomic mass is 10.1. The van der Waals surface area contributed by atoms with Crippen LogP contribution in [-0.2, 0) is 17.7 Å². The van der Waals surface area contributed by atoms with Gasteiger partial charge in [-0.2, -0.15) is 0 Å². The fraction of sp³-hybridized carbons (Fsp3) is 0.188. The third-order valence-electron chi connectivity index (χ3n) is 3.06. The fourth-order valence-electron chi connectivity index (χ4n) is 1.87. The van der Waals surface area contributed by atoms with Crippen molar-refractivity contribution in [1.82, 2.24) is 4.31 Å². The van der Waals surface area contributed by atoms with E-state index in [0.29, 0.717) is 12.2 Å². The highest BCUT2D eigenvalue weighted by atomic mass is 32.2. The fourth-order valence-corrected chi connectivity index (χ4v) is 2.28. The SMILES string of the molecule is Cc1ccc(OC(=O)N(CCc2ccccc2)S(=O)O)cc1. The summed E-state index contributed by atoms with van der Waals surface area (Å²) in [5.41, 5.74) is 2.01. The van der Waals surface area contributed by atoms with E-state index < -0.39 is 17.4 Å². The number of aryl methyl sites for hydroxylation is 1. The molecule has 2 aromatic rings. The Kier molecular flexibility index (Phi) is 5.68. The molecule has 0 fully saturated rings. The van der Waals surface area contributed by atoms with Gasteiger partial charge in [0.05, 0.1) is 0 Å². The Morgan fingerprint density at radius 1 is 1.14 bits per heavy atom. The van der Waals surface area contributed by atoms with Gasteiger partial charge in [0.25, 0.3) is 11.3 Å². The smallest absolute Gasteiger partial charge is 0.410 e. The quantitative estimate of drug-likeness (QED) is 0.860. The van der Waals surface area contributed by atoms with Gasteiger partial charge < -0.3 is 4.74 Å². The van der Waals surface area contributed by atoms with Crippen molar-refractivity contribution in [3.05, 3.63) is 65.7 Å². The summed E-state index contributed by atoms with van der Waals surface area (Å²) in [5.74, 6) is 0.339. The molecule has 0 aliphatic carbocycles. The van der Waals surface area contributed by atoms with Gasteiger partial charge in [-0.05, 0) is 31.0 Å². The summed E-state index contributed by atoms with van der Waals surface area (Å²) in [6.45, 7) is 2.01. The van der Waals surface area contributed by atoms with Crippen molar-refractivity contribution in [2.45, 2.75) is 13.3 Å². The van der Waals surface area contributed by atoms with E-state index in [1.165, 1.54) is 0 Å². The molecule has 1 unspecified atom stereocenters. The molecule has 1 atom stereocenters. The molecule has 0 saturated carbocycles. The van der Waals surface area contributed by atoms with Gasteiger partial charge in [-0.25, -0.2) is 13.3 Å². The van der Waals surface area contributed by atoms with Crippen LogP contribution in [0, 0.1) is 6.92 Å². The average molecular weight is 319 g/mol. The van der Waals surface area contributed by atoms with E-state index >= 15 is 0 Å². The lowest BCUT2D eigenvalue weighted by Gasteiger charge is -2.17. The molecule has 22 heavy (non-hydrogen) atoms. The maximum Gasteiger partial charge on any atom is 0.428 e. The van der Waals surface area contributed by atoms with Crippen LogP contribution in [-0.4, -0.2) is 25.7 Å². The van der Waals surface area contributed by atoms with Crippen molar-refractivity contribution < 1.29 is 18.3 Å². The number of amides is 1. The van der Waals surface area contributed by atoms with Crippen molar-refractivity contribution in [2.24, 2.45) is 0 Å². The van der Waals surface area contributed by atoms with Crippen LogP contribution in [0.1, 0.15) is 11.1 Å². The van der Waals surface area contributed by atoms with E-state index in [4.69, 9.17) is 4.74 Å². The highest BCUT2D eigenvalue weighted by molar-refractivity contribution is 7.77. The molecule has 0 heterocycles. The van der Waals surface area contributed by atoms with E-state index in [9.17, 15) is 13.6 Å². The third kappa shape index (κ3) is 4.68. The second kappa shape index (κ2) is 7.72. The van der Waals surface area contributed by atoms with Gasteiger partial charge in [0.1, 0.15) is 5.75 Å². The standard InChI is InChI=1S/C16H17NO4S/c1-13-7-9-15(10-8-13)21-16(18)17(22(19)20)12-11-14-5-3-2-4-6-14/h2-10H,11-12H2,1H3,(H,19,20). The summed E-state index contributed by atoms with van der Waals surface area (Å²) < 4.78 is 26.5. The van der Waals surface area contributed by atoms with Gasteiger partial charge in [0, 0.05) is 6.54 Å². The Bertz CT molecular complexity index is 643. The first-order valence-electron chi connectivity index (χ1n) is 6.77. The molecule has 0 aliphatic heterocycles. The second-order valence-corrected chi connectivity index (χ2v) is 5.65. The molecule has 0 bridgehead atoms. The van der Waals surface area contributed by atoms with Gasteiger partial charge in [0.15, 0.2) is 0 Å². The predicted octanol–water partition coefficient (Wildman–Crippen LogP) is 3.18. The summed E-state index contributed by atoms with van der Waals surface area (Å²) in [6.07, 6.45) is -0.378. The molecule has 2 rings (SSSR count). The molecule has 0 aliphatic rings. The van der Waals surface area contributed by atoms with Crippen LogP contribution in [0.5, 0.6) is 5.75 Å². The molecule has 0 aromatic heterocycles. The number of carbonyl (C=O) groups excluding carboxylic acids is 1. The van der Waals surface area contributed by atoms with Gasteiger partial charge in [-0.1, -0.05) is 48.0 Å². The van der Waals surface area contributed by atoms with E-state index in [-0.39, 0.29) is 6.54 Å². The van der Waals surface area contributed by atoms with Gasteiger partial charge >= 0.3 is 6.09 Å². The minimum Gasteiger partial charge on any atom is -0.410 e. The molecule has 116 valence electrons. The zero-order valence-electron chi connectivity index (χ0n) is 12.1. The molecular formula is C16H17NO4S. The largest absolute Gasteiger partial charge is 0.428 e. The molecule has 1 amide bonds. The summed E-state index contributed by atoms with van der Waals surface area (Å²) in [6, 6.07) is 16.3. The normalized spacial score (nSPS) is 11.7. The number of hydrogen-bond acceptors (Lipinski definition) is 3. The first-order chi connectivity index (χ1) is 10.6. The predicted molar refractivity (Wildman–Crippen MR) is 84.8 cm³/mol. The molecule has 2 aromatic carbocycles. The Morgan fingerprint density at radius 3 is 2.36 bits per heavy atom. The molecular weight excluding hydrogens is 302 g/mol. The van der Waals surface area contributed by atoms with Crippen LogP contribution < -0.4 is 4.74 Å². The summed E-state index contributed by atoms with van der Waals surface area (Å²) in [7, 11) is 0. The van der Waals surface area contributed by atoms with Crippen LogP contribution >= 0.6 is 0 Å². The Balaban J connectivity index is 1.99. The molecule has 1 N–H and O–H groups in total. The molecule has 6 heteroatoms. The van der Waals surface area contributed by atoms with Gasteiger partial charge in [-0.3, -0.25) is 4.55 Å². The van der Waals surface area contributed by atoms with Crippen LogP contribution in [0.4, 0.5) is 4.79 Å². The zero-order chi connectivity index (χ0) is 15.9. The van der Waals surface area contributed by atoms with Crippen LogP contribution in [0.3, 0.4) is 0 Å². The summed E-state index contributed by atoms with van der Waals surface area (Å²) in [4.78, 5) is 12.0. The zero-order valence-corrected chi connectivity index (χ0v) is 13.0. The lowest BCUT2D eigenvalue weighted by Crippen LogP contribution is -2.36. The number of nitrogens with zero attached hydrogens (tertiary/aromatic N) is 1. The van der Waals surface area contributed by atoms with E-state index in [0.717, 1.165) is 15.4 Å². The minimum atomic E-state index is -2.43. The van der Waals surface area contributed by atoms with Crippen molar-refractivity contribution in [1.29, 1.82) is 0 Å².